The zero-order chi connectivity index (χ0) is 16.1. The van der Waals surface area contributed by atoms with Crippen LogP contribution in [0.1, 0.15) is 19.8 Å². The lowest BCUT2D eigenvalue weighted by Gasteiger charge is -2.22. The van der Waals surface area contributed by atoms with E-state index in [4.69, 9.17) is 23.2 Å². The van der Waals surface area contributed by atoms with E-state index in [0.717, 1.165) is 25.9 Å². The lowest BCUT2D eigenvalue weighted by Crippen LogP contribution is -2.43. The van der Waals surface area contributed by atoms with Crippen LogP contribution in [-0.2, 0) is 9.59 Å². The maximum Gasteiger partial charge on any atom is 0.313 e. The van der Waals surface area contributed by atoms with Gasteiger partial charge in [-0.2, -0.15) is 0 Å². The van der Waals surface area contributed by atoms with E-state index < -0.39 is 11.8 Å². The quantitative estimate of drug-likeness (QED) is 0.825. The van der Waals surface area contributed by atoms with Crippen molar-refractivity contribution in [2.45, 2.75) is 25.8 Å². The summed E-state index contributed by atoms with van der Waals surface area (Å²) in [5.74, 6) is -1.38. The second-order valence-electron chi connectivity index (χ2n) is 5.25. The second-order valence-corrected chi connectivity index (χ2v) is 6.12. The molecular formula is C15H19Cl2N3O2. The number of benzene rings is 1. The Morgan fingerprint density at radius 3 is 2.55 bits per heavy atom. The summed E-state index contributed by atoms with van der Waals surface area (Å²) in [6.07, 6.45) is 2.17. The Balaban J connectivity index is 1.85. The highest BCUT2D eigenvalue weighted by molar-refractivity contribution is 6.40. The number of carbonyl (C=O) groups is 2. The number of likely N-dealkylation sites (N-methyl/N-ethyl adjacent to an activating group) is 1. The molecule has 1 aliphatic heterocycles. The van der Waals surface area contributed by atoms with Gasteiger partial charge in [0.25, 0.3) is 0 Å². The van der Waals surface area contributed by atoms with Crippen LogP contribution in [0, 0.1) is 0 Å². The molecule has 0 aliphatic carbocycles. The van der Waals surface area contributed by atoms with Crippen LogP contribution in [0.5, 0.6) is 0 Å². The van der Waals surface area contributed by atoms with Crippen molar-refractivity contribution in [3.63, 3.8) is 0 Å². The Morgan fingerprint density at radius 2 is 1.91 bits per heavy atom. The van der Waals surface area contributed by atoms with E-state index in [1.54, 1.807) is 6.07 Å². The van der Waals surface area contributed by atoms with Gasteiger partial charge in [-0.3, -0.25) is 14.5 Å². The van der Waals surface area contributed by atoms with Gasteiger partial charge in [0.05, 0.1) is 0 Å². The van der Waals surface area contributed by atoms with Crippen molar-refractivity contribution >= 4 is 40.7 Å². The third-order valence-corrected chi connectivity index (χ3v) is 4.17. The zero-order valence-electron chi connectivity index (χ0n) is 12.4. The van der Waals surface area contributed by atoms with Crippen molar-refractivity contribution in [1.82, 2.24) is 10.2 Å². The van der Waals surface area contributed by atoms with E-state index in [2.05, 4.69) is 22.5 Å². The summed E-state index contributed by atoms with van der Waals surface area (Å²) in [4.78, 5) is 26.0. The average Bonchev–Trinajstić information content (AvgIpc) is 2.90. The van der Waals surface area contributed by atoms with Crippen LogP contribution in [0.4, 0.5) is 5.69 Å². The minimum absolute atomic E-state index is 0.308. The van der Waals surface area contributed by atoms with Crippen molar-refractivity contribution < 1.29 is 9.59 Å². The van der Waals surface area contributed by atoms with Crippen LogP contribution in [-0.4, -0.2) is 42.4 Å². The van der Waals surface area contributed by atoms with Crippen LogP contribution in [0.25, 0.3) is 0 Å². The maximum absolute atomic E-state index is 11.9. The van der Waals surface area contributed by atoms with Crippen molar-refractivity contribution in [2.24, 2.45) is 0 Å². The smallest absolute Gasteiger partial charge is 0.313 e. The summed E-state index contributed by atoms with van der Waals surface area (Å²) >= 11 is 11.7. The third kappa shape index (κ3) is 4.60. The first-order valence-electron chi connectivity index (χ1n) is 7.29. The summed E-state index contributed by atoms with van der Waals surface area (Å²) in [6.45, 7) is 4.57. The second kappa shape index (κ2) is 7.81. The van der Waals surface area contributed by atoms with Gasteiger partial charge in [-0.05, 0) is 44.1 Å². The summed E-state index contributed by atoms with van der Waals surface area (Å²) in [7, 11) is 0. The number of carbonyl (C=O) groups excluding carboxylic acids is 2. The standard InChI is InChI=1S/C15H19Cl2N3O2/c1-2-20-5-3-4-13(20)9-18-14(21)15(22)19-12-7-10(16)6-11(17)8-12/h6-8,13H,2-5,9H2,1H3,(H,18,21)(H,19,22)/t13-/m0/s1. The Hall–Kier alpha value is -1.30. The predicted molar refractivity (Wildman–Crippen MR) is 88.4 cm³/mol. The molecule has 0 aromatic heterocycles. The van der Waals surface area contributed by atoms with Crippen LogP contribution >= 0.6 is 23.2 Å². The van der Waals surface area contributed by atoms with E-state index in [9.17, 15) is 9.59 Å². The molecule has 0 unspecified atom stereocenters. The fourth-order valence-electron chi connectivity index (χ4n) is 2.65. The van der Waals surface area contributed by atoms with Crippen molar-refractivity contribution in [2.75, 3.05) is 25.0 Å². The number of anilines is 1. The Kier molecular flexibility index (Phi) is 6.06. The van der Waals surface area contributed by atoms with Crippen molar-refractivity contribution in [3.8, 4) is 0 Å². The van der Waals surface area contributed by atoms with Gasteiger partial charge in [0.2, 0.25) is 0 Å². The third-order valence-electron chi connectivity index (χ3n) is 3.73. The fourth-order valence-corrected chi connectivity index (χ4v) is 3.17. The first kappa shape index (κ1) is 17.1. The van der Waals surface area contributed by atoms with Gasteiger partial charge in [0.1, 0.15) is 0 Å². The molecule has 1 atom stereocenters. The molecular weight excluding hydrogens is 325 g/mol. The lowest BCUT2D eigenvalue weighted by molar-refractivity contribution is -0.136. The van der Waals surface area contributed by atoms with E-state index >= 15 is 0 Å². The van der Waals surface area contributed by atoms with Gasteiger partial charge in [0.15, 0.2) is 0 Å². The van der Waals surface area contributed by atoms with Crippen molar-refractivity contribution in [3.05, 3.63) is 28.2 Å². The maximum atomic E-state index is 11.9. The predicted octanol–water partition coefficient (Wildman–Crippen LogP) is 2.53. The lowest BCUT2D eigenvalue weighted by atomic mass is 10.2. The number of nitrogens with one attached hydrogen (secondary N) is 2. The number of hydrogen-bond donors (Lipinski definition) is 2. The number of halogens is 2. The van der Waals surface area contributed by atoms with Crippen LogP contribution in [0.15, 0.2) is 18.2 Å². The van der Waals surface area contributed by atoms with Gasteiger partial charge < -0.3 is 10.6 Å². The molecule has 2 N–H and O–H groups in total. The number of hydrogen-bond acceptors (Lipinski definition) is 3. The fraction of sp³-hybridized carbons (Fsp3) is 0.467. The van der Waals surface area contributed by atoms with Gasteiger partial charge in [-0.1, -0.05) is 30.1 Å². The molecule has 2 rings (SSSR count). The SMILES string of the molecule is CCN1CCC[C@H]1CNC(=O)C(=O)Nc1cc(Cl)cc(Cl)c1. The molecule has 0 radical (unpaired) electrons. The minimum atomic E-state index is -0.723. The Morgan fingerprint density at radius 1 is 1.23 bits per heavy atom. The average molecular weight is 344 g/mol. The highest BCUT2D eigenvalue weighted by atomic mass is 35.5. The summed E-state index contributed by atoms with van der Waals surface area (Å²) in [5, 5.41) is 5.96. The Bertz CT molecular complexity index is 545. The number of amides is 2. The van der Waals surface area contributed by atoms with Crippen molar-refractivity contribution in [1.29, 1.82) is 0 Å². The molecule has 1 saturated heterocycles. The molecule has 7 heteroatoms. The molecule has 120 valence electrons. The molecule has 1 aromatic carbocycles. The molecule has 0 spiro atoms. The van der Waals surface area contributed by atoms with Gasteiger partial charge in [-0.25, -0.2) is 0 Å². The summed E-state index contributed by atoms with van der Waals surface area (Å²) in [6, 6.07) is 4.93. The minimum Gasteiger partial charge on any atom is -0.346 e. The summed E-state index contributed by atoms with van der Waals surface area (Å²) < 4.78 is 0. The highest BCUT2D eigenvalue weighted by Crippen LogP contribution is 2.22. The molecule has 22 heavy (non-hydrogen) atoms. The largest absolute Gasteiger partial charge is 0.346 e. The zero-order valence-corrected chi connectivity index (χ0v) is 13.9. The highest BCUT2D eigenvalue weighted by Gasteiger charge is 2.24. The summed E-state index contributed by atoms with van der Waals surface area (Å²) in [5.41, 5.74) is 0.397. The van der Waals surface area contributed by atoms with E-state index in [0.29, 0.717) is 28.3 Å². The number of nitrogens with zero attached hydrogens (tertiary/aromatic N) is 1. The van der Waals surface area contributed by atoms with Gasteiger partial charge in [-0.15, -0.1) is 0 Å². The molecule has 1 fully saturated rings. The molecule has 1 aliphatic rings. The molecule has 1 aromatic rings. The first-order chi connectivity index (χ1) is 10.5. The molecule has 0 bridgehead atoms. The monoisotopic (exact) mass is 343 g/mol. The molecule has 2 amide bonds. The Labute approximate surface area is 139 Å². The van der Waals surface area contributed by atoms with Gasteiger partial charge in [0, 0.05) is 28.3 Å². The van der Waals surface area contributed by atoms with Crippen LogP contribution < -0.4 is 10.6 Å². The number of rotatable bonds is 4. The molecule has 5 nitrogen and oxygen atoms in total. The molecule has 1 heterocycles. The van der Waals surface area contributed by atoms with E-state index in [-0.39, 0.29) is 0 Å². The van der Waals surface area contributed by atoms with Crippen LogP contribution in [0.2, 0.25) is 10.0 Å². The molecule has 0 saturated carbocycles. The first-order valence-corrected chi connectivity index (χ1v) is 8.04. The van der Waals surface area contributed by atoms with Gasteiger partial charge >= 0.3 is 11.8 Å². The topological polar surface area (TPSA) is 61.4 Å². The van der Waals surface area contributed by atoms with Crippen LogP contribution in [0.3, 0.4) is 0 Å². The van der Waals surface area contributed by atoms with E-state index in [1.807, 2.05) is 0 Å². The normalized spacial score (nSPS) is 18.2. The number of likely N-dealkylation sites (tertiary alicyclic amines) is 1. The van der Waals surface area contributed by atoms with E-state index in [1.165, 1.54) is 12.1 Å².